The van der Waals surface area contributed by atoms with Crippen molar-refractivity contribution >= 4 is 23.9 Å². The molecule has 1 aromatic heterocycles. The third-order valence-electron chi connectivity index (χ3n) is 5.83. The van der Waals surface area contributed by atoms with Gasteiger partial charge in [-0.2, -0.15) is 5.10 Å². The number of carbonyl (C=O) groups excluding carboxylic acids is 1. The molecule has 2 heterocycles. The van der Waals surface area contributed by atoms with Crippen LogP contribution < -0.4 is 5.32 Å². The minimum absolute atomic E-state index is 0.0285. The predicted octanol–water partition coefficient (Wildman–Crippen LogP) is 3.66. The van der Waals surface area contributed by atoms with E-state index in [0.717, 1.165) is 68.9 Å². The number of benzene rings is 1. The molecule has 30 heavy (non-hydrogen) atoms. The highest BCUT2D eigenvalue weighted by molar-refractivity contribution is 5.82. The van der Waals surface area contributed by atoms with E-state index >= 15 is 0 Å². The Labute approximate surface area is 179 Å². The number of amides is 1. The van der Waals surface area contributed by atoms with Crippen LogP contribution in [-0.2, 0) is 11.2 Å². The van der Waals surface area contributed by atoms with Gasteiger partial charge in [0.2, 0.25) is 5.91 Å². The van der Waals surface area contributed by atoms with Gasteiger partial charge in [-0.1, -0.05) is 50.4 Å². The van der Waals surface area contributed by atoms with Gasteiger partial charge in [0, 0.05) is 26.2 Å². The summed E-state index contributed by atoms with van der Waals surface area (Å²) >= 11 is 0. The Morgan fingerprint density at radius 2 is 2.07 bits per heavy atom. The largest absolute Gasteiger partial charge is 0.370 e. The second kappa shape index (κ2) is 10.8. The number of rotatable bonds is 11. The fourth-order valence-electron chi connectivity index (χ4n) is 4.07. The monoisotopic (exact) mass is 407 g/mol. The molecule has 2 N–H and O–H groups in total. The van der Waals surface area contributed by atoms with Crippen LogP contribution in [0.5, 0.6) is 0 Å². The number of H-pyrrole nitrogens is 1. The van der Waals surface area contributed by atoms with Crippen LogP contribution in [0.1, 0.15) is 36.5 Å². The molecule has 6 heteroatoms. The molecule has 6 nitrogen and oxygen atoms in total. The summed E-state index contributed by atoms with van der Waals surface area (Å²) in [5.41, 5.74) is 3.40. The first-order chi connectivity index (χ1) is 14.7. The predicted molar refractivity (Wildman–Crippen MR) is 124 cm³/mol. The molecule has 0 aliphatic carbocycles. The van der Waals surface area contributed by atoms with E-state index < -0.39 is 0 Å². The molecule has 160 valence electrons. The molecule has 0 saturated carbocycles. The highest BCUT2D eigenvalue weighted by atomic mass is 16.2. The van der Waals surface area contributed by atoms with Gasteiger partial charge >= 0.3 is 0 Å². The number of hydrogen-bond donors (Lipinski definition) is 2. The molecule has 1 saturated heterocycles. The van der Waals surface area contributed by atoms with Crippen molar-refractivity contribution in [2.75, 3.05) is 38.0 Å². The van der Waals surface area contributed by atoms with Crippen molar-refractivity contribution in [3.8, 4) is 0 Å². The number of piperazine rings is 1. The lowest BCUT2D eigenvalue weighted by Crippen LogP contribution is -2.57. The fraction of sp³-hybridized carbons (Fsp3) is 0.417. The Kier molecular flexibility index (Phi) is 7.85. The van der Waals surface area contributed by atoms with Gasteiger partial charge in [0.1, 0.15) is 5.82 Å². The molecule has 1 aliphatic heterocycles. The van der Waals surface area contributed by atoms with Crippen LogP contribution in [0.15, 0.2) is 43.6 Å². The molecule has 1 atom stereocenters. The number of nitrogens with one attached hydrogen (secondary N) is 2. The molecule has 0 bridgehead atoms. The summed E-state index contributed by atoms with van der Waals surface area (Å²) < 4.78 is 0. The van der Waals surface area contributed by atoms with E-state index in [9.17, 15) is 4.79 Å². The summed E-state index contributed by atoms with van der Waals surface area (Å²) in [5.74, 6) is 1.18. The standard InChI is InChI=1S/C24H33N5O/c1-4-20-10-9-19(18-21(20)5-2)12-15-29-17-16-28(6-3)22(24(29)30)8-7-13-25-23-11-14-26-27-23/h4-5,9-11,14,18,22H,1-2,6-8,12-13,15-17H2,3H3,(H2,25,26,27)/t22-/m0/s1. The number of carbonyl (C=O) groups is 1. The zero-order valence-corrected chi connectivity index (χ0v) is 17.9. The minimum Gasteiger partial charge on any atom is -0.370 e. The summed E-state index contributed by atoms with van der Waals surface area (Å²) in [6, 6.07) is 8.22. The van der Waals surface area contributed by atoms with Gasteiger partial charge < -0.3 is 10.2 Å². The van der Waals surface area contributed by atoms with Crippen LogP contribution in [0.4, 0.5) is 5.82 Å². The molecule has 1 aliphatic rings. The number of aromatic amines is 1. The lowest BCUT2D eigenvalue weighted by Gasteiger charge is -2.40. The Morgan fingerprint density at radius 1 is 1.23 bits per heavy atom. The quantitative estimate of drug-likeness (QED) is 0.558. The first-order valence-electron chi connectivity index (χ1n) is 10.8. The van der Waals surface area contributed by atoms with E-state index in [2.05, 4.69) is 58.7 Å². The number of anilines is 1. The SMILES string of the molecule is C=Cc1ccc(CCN2CCN(CC)[C@@H](CCCNc3ccn[nH]3)C2=O)cc1C=C. The van der Waals surface area contributed by atoms with Crippen LogP contribution in [0.3, 0.4) is 0 Å². The van der Waals surface area contributed by atoms with E-state index in [0.29, 0.717) is 0 Å². The van der Waals surface area contributed by atoms with E-state index in [1.807, 2.05) is 23.1 Å². The molecule has 1 aromatic carbocycles. The first-order valence-corrected chi connectivity index (χ1v) is 10.8. The maximum atomic E-state index is 13.2. The first kappa shape index (κ1) is 21.8. The molecule has 3 rings (SSSR count). The van der Waals surface area contributed by atoms with E-state index in [4.69, 9.17) is 0 Å². The third-order valence-corrected chi connectivity index (χ3v) is 5.83. The smallest absolute Gasteiger partial charge is 0.239 e. The van der Waals surface area contributed by atoms with Gasteiger partial charge in [-0.25, -0.2) is 0 Å². The normalized spacial score (nSPS) is 17.2. The average molecular weight is 408 g/mol. The second-order valence-corrected chi connectivity index (χ2v) is 7.63. The van der Waals surface area contributed by atoms with Crippen molar-refractivity contribution in [1.82, 2.24) is 20.0 Å². The van der Waals surface area contributed by atoms with Crippen LogP contribution in [0.25, 0.3) is 12.2 Å². The molecular formula is C24H33N5O. The van der Waals surface area contributed by atoms with Crippen molar-refractivity contribution in [2.45, 2.75) is 32.2 Å². The Morgan fingerprint density at radius 3 is 2.77 bits per heavy atom. The topological polar surface area (TPSA) is 64.3 Å². The van der Waals surface area contributed by atoms with Crippen LogP contribution in [0.2, 0.25) is 0 Å². The van der Waals surface area contributed by atoms with E-state index in [-0.39, 0.29) is 11.9 Å². The molecular weight excluding hydrogens is 374 g/mol. The number of aromatic nitrogens is 2. The van der Waals surface area contributed by atoms with Crippen molar-refractivity contribution in [2.24, 2.45) is 0 Å². The molecule has 0 spiro atoms. The number of nitrogens with zero attached hydrogens (tertiary/aromatic N) is 3. The number of likely N-dealkylation sites (N-methyl/N-ethyl adjacent to an activating group) is 1. The van der Waals surface area contributed by atoms with Crippen molar-refractivity contribution in [1.29, 1.82) is 0 Å². The lowest BCUT2D eigenvalue weighted by molar-refractivity contribution is -0.142. The zero-order chi connectivity index (χ0) is 21.3. The summed E-state index contributed by atoms with van der Waals surface area (Å²) in [6.07, 6.45) is 8.08. The van der Waals surface area contributed by atoms with Gasteiger partial charge in [-0.05, 0) is 48.6 Å². The van der Waals surface area contributed by atoms with Gasteiger partial charge in [-0.3, -0.25) is 14.8 Å². The van der Waals surface area contributed by atoms with Crippen LogP contribution in [-0.4, -0.2) is 64.7 Å². The van der Waals surface area contributed by atoms with Gasteiger partial charge in [0.15, 0.2) is 0 Å². The van der Waals surface area contributed by atoms with E-state index in [1.54, 1.807) is 6.20 Å². The summed E-state index contributed by atoms with van der Waals surface area (Å²) in [7, 11) is 0. The lowest BCUT2D eigenvalue weighted by atomic mass is 10.0. The third kappa shape index (κ3) is 5.39. The molecule has 2 aromatic rings. The second-order valence-electron chi connectivity index (χ2n) is 7.63. The maximum absolute atomic E-state index is 13.2. The maximum Gasteiger partial charge on any atom is 0.239 e. The fourth-order valence-corrected chi connectivity index (χ4v) is 4.07. The Bertz CT molecular complexity index is 845. The Hall–Kier alpha value is -2.86. The average Bonchev–Trinajstić information content (AvgIpc) is 3.30. The van der Waals surface area contributed by atoms with Crippen molar-refractivity contribution in [3.05, 3.63) is 60.3 Å². The van der Waals surface area contributed by atoms with Crippen LogP contribution >= 0.6 is 0 Å². The van der Waals surface area contributed by atoms with Crippen LogP contribution in [0, 0.1) is 0 Å². The highest BCUT2D eigenvalue weighted by Crippen LogP contribution is 2.19. The molecule has 0 radical (unpaired) electrons. The molecule has 1 amide bonds. The van der Waals surface area contributed by atoms with E-state index in [1.165, 1.54) is 5.56 Å². The zero-order valence-electron chi connectivity index (χ0n) is 17.9. The van der Waals surface area contributed by atoms with Gasteiger partial charge in [0.25, 0.3) is 0 Å². The number of hydrogen-bond acceptors (Lipinski definition) is 4. The molecule has 0 unspecified atom stereocenters. The van der Waals surface area contributed by atoms with Crippen molar-refractivity contribution < 1.29 is 4.79 Å². The van der Waals surface area contributed by atoms with Gasteiger partial charge in [-0.15, -0.1) is 0 Å². The summed E-state index contributed by atoms with van der Waals surface area (Å²) in [5, 5.41) is 10.2. The van der Waals surface area contributed by atoms with Crippen molar-refractivity contribution in [3.63, 3.8) is 0 Å². The highest BCUT2D eigenvalue weighted by Gasteiger charge is 2.33. The minimum atomic E-state index is -0.0285. The summed E-state index contributed by atoms with van der Waals surface area (Å²) in [6.45, 7) is 14.1. The Balaban J connectivity index is 1.54. The summed E-state index contributed by atoms with van der Waals surface area (Å²) in [4.78, 5) is 17.5. The van der Waals surface area contributed by atoms with Gasteiger partial charge in [0.05, 0.1) is 12.2 Å². The molecule has 1 fully saturated rings.